The number of carbonyl (C=O) groups is 1. The van der Waals surface area contributed by atoms with Crippen LogP contribution in [0.1, 0.15) is 32.6 Å². The summed E-state index contributed by atoms with van der Waals surface area (Å²) in [5, 5.41) is 0. The van der Waals surface area contributed by atoms with Crippen molar-refractivity contribution in [2.24, 2.45) is 11.8 Å². The lowest BCUT2D eigenvalue weighted by Gasteiger charge is -2.34. The van der Waals surface area contributed by atoms with Gasteiger partial charge in [0.25, 0.3) is 0 Å². The lowest BCUT2D eigenvalue weighted by Crippen LogP contribution is -2.42. The molecule has 2 fully saturated rings. The predicted molar refractivity (Wildman–Crippen MR) is 65.0 cm³/mol. The first-order valence-electron chi connectivity index (χ1n) is 6.14. The molecular weight excluding hydrogens is 206 g/mol. The molecule has 0 saturated carbocycles. The molecule has 1 amide bonds. The molecule has 3 heteroatoms. The number of likely N-dealkylation sites (tertiary alicyclic amines) is 1. The van der Waals surface area contributed by atoms with E-state index < -0.39 is 0 Å². The molecule has 0 aromatic rings. The zero-order valence-electron chi connectivity index (χ0n) is 9.58. The van der Waals surface area contributed by atoms with Crippen molar-refractivity contribution in [3.8, 4) is 0 Å². The van der Waals surface area contributed by atoms with Crippen molar-refractivity contribution >= 4 is 17.7 Å². The zero-order valence-corrected chi connectivity index (χ0v) is 10.4. The minimum absolute atomic E-state index is 0.331. The van der Waals surface area contributed by atoms with E-state index in [0.717, 1.165) is 31.2 Å². The van der Waals surface area contributed by atoms with Crippen molar-refractivity contribution < 1.29 is 4.79 Å². The monoisotopic (exact) mass is 227 g/mol. The van der Waals surface area contributed by atoms with Crippen LogP contribution in [0.5, 0.6) is 0 Å². The summed E-state index contributed by atoms with van der Waals surface area (Å²) >= 11 is 1.95. The SMILES string of the molecule is CC1CCN(C(=O)C2CCCSC2)CC1. The summed E-state index contributed by atoms with van der Waals surface area (Å²) in [7, 11) is 0. The standard InChI is InChI=1S/C12H21NOS/c1-10-4-6-13(7-5-10)12(14)11-3-2-8-15-9-11/h10-11H,2-9H2,1H3. The number of thioether (sulfide) groups is 1. The lowest BCUT2D eigenvalue weighted by molar-refractivity contribution is -0.136. The summed E-state index contributed by atoms with van der Waals surface area (Å²) in [6, 6.07) is 0. The fourth-order valence-corrected chi connectivity index (χ4v) is 3.55. The second-order valence-corrected chi connectivity index (χ2v) is 6.07. The fraction of sp³-hybridized carbons (Fsp3) is 0.917. The second kappa shape index (κ2) is 5.24. The molecule has 0 aromatic carbocycles. The molecule has 2 nitrogen and oxygen atoms in total. The number of hydrogen-bond acceptors (Lipinski definition) is 2. The van der Waals surface area contributed by atoms with Crippen molar-refractivity contribution in [3.63, 3.8) is 0 Å². The highest BCUT2D eigenvalue weighted by Gasteiger charge is 2.28. The smallest absolute Gasteiger partial charge is 0.226 e. The second-order valence-electron chi connectivity index (χ2n) is 4.92. The maximum atomic E-state index is 12.2. The average molecular weight is 227 g/mol. The van der Waals surface area contributed by atoms with E-state index in [-0.39, 0.29) is 0 Å². The maximum absolute atomic E-state index is 12.2. The van der Waals surface area contributed by atoms with Crippen LogP contribution in [0.15, 0.2) is 0 Å². The first-order chi connectivity index (χ1) is 7.27. The molecule has 0 spiro atoms. The van der Waals surface area contributed by atoms with Gasteiger partial charge in [-0.1, -0.05) is 6.92 Å². The summed E-state index contributed by atoms with van der Waals surface area (Å²) in [5.74, 6) is 3.90. The molecule has 1 unspecified atom stereocenters. The van der Waals surface area contributed by atoms with E-state index in [0.29, 0.717) is 11.8 Å². The van der Waals surface area contributed by atoms with Crippen LogP contribution < -0.4 is 0 Å². The van der Waals surface area contributed by atoms with Crippen LogP contribution >= 0.6 is 11.8 Å². The maximum Gasteiger partial charge on any atom is 0.226 e. The predicted octanol–water partition coefficient (Wildman–Crippen LogP) is 2.39. The molecular formula is C12H21NOS. The first kappa shape index (κ1) is 11.3. The van der Waals surface area contributed by atoms with Gasteiger partial charge in [-0.2, -0.15) is 11.8 Å². The number of amides is 1. The average Bonchev–Trinajstić information content (AvgIpc) is 2.30. The molecule has 2 saturated heterocycles. The van der Waals surface area contributed by atoms with Crippen LogP contribution in [0.2, 0.25) is 0 Å². The summed E-state index contributed by atoms with van der Waals surface area (Å²) in [6.07, 6.45) is 4.75. The third-order valence-corrected chi connectivity index (χ3v) is 4.82. The largest absolute Gasteiger partial charge is 0.342 e. The minimum Gasteiger partial charge on any atom is -0.342 e. The van der Waals surface area contributed by atoms with E-state index in [2.05, 4.69) is 11.8 Å². The van der Waals surface area contributed by atoms with Crippen LogP contribution in [0, 0.1) is 11.8 Å². The van der Waals surface area contributed by atoms with Crippen LogP contribution in [0.25, 0.3) is 0 Å². The van der Waals surface area contributed by atoms with E-state index in [1.165, 1.54) is 25.0 Å². The van der Waals surface area contributed by atoms with Crippen LogP contribution in [-0.4, -0.2) is 35.4 Å². The molecule has 2 heterocycles. The van der Waals surface area contributed by atoms with Gasteiger partial charge in [0.15, 0.2) is 0 Å². The van der Waals surface area contributed by atoms with Gasteiger partial charge in [-0.3, -0.25) is 4.79 Å². The van der Waals surface area contributed by atoms with Crippen molar-refractivity contribution in [2.45, 2.75) is 32.6 Å². The third-order valence-electron chi connectivity index (χ3n) is 3.60. The Morgan fingerprint density at radius 3 is 2.60 bits per heavy atom. The normalized spacial score (nSPS) is 29.1. The zero-order chi connectivity index (χ0) is 10.7. The highest BCUT2D eigenvalue weighted by molar-refractivity contribution is 7.99. The molecule has 1 atom stereocenters. The molecule has 0 radical (unpaired) electrons. The number of nitrogens with zero attached hydrogens (tertiary/aromatic N) is 1. The molecule has 2 aliphatic heterocycles. The Morgan fingerprint density at radius 1 is 1.27 bits per heavy atom. The van der Waals surface area contributed by atoms with Gasteiger partial charge in [0.1, 0.15) is 0 Å². The minimum atomic E-state index is 0.331. The third kappa shape index (κ3) is 2.90. The highest BCUT2D eigenvalue weighted by Crippen LogP contribution is 2.26. The number of carbonyl (C=O) groups excluding carboxylic acids is 1. The Morgan fingerprint density at radius 2 is 2.00 bits per heavy atom. The van der Waals surface area contributed by atoms with E-state index in [4.69, 9.17) is 0 Å². The van der Waals surface area contributed by atoms with E-state index in [1.54, 1.807) is 0 Å². The Bertz CT molecular complexity index is 218. The van der Waals surface area contributed by atoms with Crippen molar-refractivity contribution in [1.29, 1.82) is 0 Å². The van der Waals surface area contributed by atoms with Gasteiger partial charge in [0.05, 0.1) is 0 Å². The van der Waals surface area contributed by atoms with Gasteiger partial charge >= 0.3 is 0 Å². The topological polar surface area (TPSA) is 20.3 Å². The van der Waals surface area contributed by atoms with Gasteiger partial charge in [-0.15, -0.1) is 0 Å². The summed E-state index contributed by atoms with van der Waals surface area (Å²) in [5.41, 5.74) is 0. The van der Waals surface area contributed by atoms with Crippen molar-refractivity contribution in [1.82, 2.24) is 4.90 Å². The molecule has 86 valence electrons. The first-order valence-corrected chi connectivity index (χ1v) is 7.29. The molecule has 0 bridgehead atoms. The highest BCUT2D eigenvalue weighted by atomic mass is 32.2. The van der Waals surface area contributed by atoms with E-state index in [9.17, 15) is 4.79 Å². The van der Waals surface area contributed by atoms with Gasteiger partial charge in [0.2, 0.25) is 5.91 Å². The van der Waals surface area contributed by atoms with Gasteiger partial charge in [0, 0.05) is 24.8 Å². The quantitative estimate of drug-likeness (QED) is 0.685. The number of rotatable bonds is 1. The Balaban J connectivity index is 1.84. The molecule has 0 aromatic heterocycles. The Hall–Kier alpha value is -0.180. The fourth-order valence-electron chi connectivity index (χ4n) is 2.42. The van der Waals surface area contributed by atoms with Crippen LogP contribution in [0.4, 0.5) is 0 Å². The molecule has 0 aliphatic carbocycles. The van der Waals surface area contributed by atoms with Crippen LogP contribution in [-0.2, 0) is 4.79 Å². The van der Waals surface area contributed by atoms with Gasteiger partial charge in [-0.05, 0) is 37.4 Å². The number of hydrogen-bond donors (Lipinski definition) is 0. The Labute approximate surface area is 96.8 Å². The summed E-state index contributed by atoms with van der Waals surface area (Å²) < 4.78 is 0. The van der Waals surface area contributed by atoms with Crippen molar-refractivity contribution in [3.05, 3.63) is 0 Å². The number of piperidine rings is 1. The molecule has 2 rings (SSSR count). The van der Waals surface area contributed by atoms with Crippen LogP contribution in [0.3, 0.4) is 0 Å². The van der Waals surface area contributed by atoms with E-state index in [1.807, 2.05) is 11.8 Å². The summed E-state index contributed by atoms with van der Waals surface area (Å²) in [4.78, 5) is 14.3. The van der Waals surface area contributed by atoms with Gasteiger partial charge < -0.3 is 4.90 Å². The molecule has 0 N–H and O–H groups in total. The lowest BCUT2D eigenvalue weighted by atomic mass is 9.96. The molecule has 15 heavy (non-hydrogen) atoms. The summed E-state index contributed by atoms with van der Waals surface area (Å²) in [6.45, 7) is 4.29. The van der Waals surface area contributed by atoms with Gasteiger partial charge in [-0.25, -0.2) is 0 Å². The Kier molecular flexibility index (Phi) is 3.95. The molecule has 2 aliphatic rings. The van der Waals surface area contributed by atoms with Crippen molar-refractivity contribution in [2.75, 3.05) is 24.6 Å². The van der Waals surface area contributed by atoms with E-state index >= 15 is 0 Å².